The molecule has 1 aliphatic rings. The van der Waals surface area contributed by atoms with Gasteiger partial charge in [-0.25, -0.2) is 9.97 Å². The van der Waals surface area contributed by atoms with Crippen LogP contribution < -0.4 is 10.6 Å². The Hall–Kier alpha value is -1.77. The van der Waals surface area contributed by atoms with Crippen molar-refractivity contribution in [2.45, 2.75) is 19.8 Å². The van der Waals surface area contributed by atoms with Crippen LogP contribution in [0.25, 0.3) is 10.2 Å². The van der Waals surface area contributed by atoms with Gasteiger partial charge in [-0.1, -0.05) is 0 Å². The van der Waals surface area contributed by atoms with Crippen LogP contribution in [0.4, 0.5) is 5.82 Å². The van der Waals surface area contributed by atoms with Crippen molar-refractivity contribution < 1.29 is 9.53 Å². The van der Waals surface area contributed by atoms with Crippen molar-refractivity contribution >= 4 is 33.3 Å². The molecule has 2 aromatic rings. The van der Waals surface area contributed by atoms with Crippen LogP contribution in [-0.2, 0) is 9.53 Å². The molecule has 1 saturated heterocycles. The molecule has 0 aromatic carbocycles. The van der Waals surface area contributed by atoms with E-state index in [0.717, 1.165) is 61.8 Å². The summed E-state index contributed by atoms with van der Waals surface area (Å²) in [5.41, 5.74) is 0. The van der Waals surface area contributed by atoms with Crippen molar-refractivity contribution in [1.82, 2.24) is 20.2 Å². The molecular weight excluding hydrogens is 338 g/mol. The monoisotopic (exact) mass is 363 g/mol. The predicted octanol–water partition coefficient (Wildman–Crippen LogP) is 1.64. The van der Waals surface area contributed by atoms with Crippen molar-refractivity contribution in [1.29, 1.82) is 0 Å². The van der Waals surface area contributed by atoms with E-state index in [0.29, 0.717) is 13.0 Å². The topological polar surface area (TPSA) is 79.4 Å². The number of nitrogens with one attached hydrogen (secondary N) is 2. The van der Waals surface area contributed by atoms with E-state index in [1.54, 1.807) is 17.7 Å². The van der Waals surface area contributed by atoms with Gasteiger partial charge in [0.05, 0.1) is 18.6 Å². The second-order valence-corrected chi connectivity index (χ2v) is 7.37. The second-order valence-electron chi connectivity index (χ2n) is 6.13. The molecule has 7 nitrogen and oxygen atoms in total. The van der Waals surface area contributed by atoms with Crippen LogP contribution in [0.3, 0.4) is 0 Å². The maximum atomic E-state index is 11.9. The molecule has 0 atom stereocenters. The maximum absolute atomic E-state index is 11.9. The lowest BCUT2D eigenvalue weighted by Gasteiger charge is -2.26. The fourth-order valence-corrected chi connectivity index (χ4v) is 3.70. The van der Waals surface area contributed by atoms with Gasteiger partial charge in [-0.15, -0.1) is 11.3 Å². The maximum Gasteiger partial charge on any atom is 0.221 e. The number of ether oxygens (including phenoxy) is 1. The summed E-state index contributed by atoms with van der Waals surface area (Å²) in [6.07, 6.45) is 2.97. The minimum Gasteiger partial charge on any atom is -0.379 e. The minimum absolute atomic E-state index is 0.0706. The minimum atomic E-state index is 0.0706. The number of carbonyl (C=O) groups is 1. The molecule has 8 heteroatoms. The lowest BCUT2D eigenvalue weighted by Crippen LogP contribution is -2.38. The summed E-state index contributed by atoms with van der Waals surface area (Å²) in [6.45, 7) is 7.98. The first-order valence-corrected chi connectivity index (χ1v) is 9.56. The average molecular weight is 363 g/mol. The molecule has 136 valence electrons. The lowest BCUT2D eigenvalue weighted by atomic mass is 10.3. The number of nitrogens with zero attached hydrogens (tertiary/aromatic N) is 3. The number of hydrogen-bond donors (Lipinski definition) is 2. The van der Waals surface area contributed by atoms with Crippen LogP contribution in [0, 0.1) is 6.92 Å². The molecule has 1 amide bonds. The number of thiophene rings is 1. The number of aryl methyl sites for hydroxylation is 1. The van der Waals surface area contributed by atoms with Crippen LogP contribution in [0.1, 0.15) is 17.7 Å². The molecular formula is C17H25N5O2S. The Morgan fingerprint density at radius 1 is 1.32 bits per heavy atom. The van der Waals surface area contributed by atoms with Crippen molar-refractivity contribution in [2.24, 2.45) is 0 Å². The molecule has 1 aliphatic heterocycles. The van der Waals surface area contributed by atoms with Crippen molar-refractivity contribution in [3.63, 3.8) is 0 Å². The van der Waals surface area contributed by atoms with Gasteiger partial charge < -0.3 is 15.4 Å². The highest BCUT2D eigenvalue weighted by molar-refractivity contribution is 7.18. The Morgan fingerprint density at radius 2 is 2.16 bits per heavy atom. The fraction of sp³-hybridized carbons (Fsp3) is 0.588. The Morgan fingerprint density at radius 3 is 3.00 bits per heavy atom. The third-order valence-electron chi connectivity index (χ3n) is 4.17. The van der Waals surface area contributed by atoms with Crippen LogP contribution in [0.5, 0.6) is 0 Å². The van der Waals surface area contributed by atoms with Crippen LogP contribution in [-0.4, -0.2) is 66.7 Å². The Bertz CT molecular complexity index is 699. The molecule has 0 unspecified atom stereocenters. The molecule has 2 aromatic heterocycles. The Labute approximate surface area is 151 Å². The summed E-state index contributed by atoms with van der Waals surface area (Å²) >= 11 is 1.65. The van der Waals surface area contributed by atoms with Gasteiger partial charge in [-0.3, -0.25) is 9.69 Å². The fourth-order valence-electron chi connectivity index (χ4n) is 2.85. The SMILES string of the molecule is Cc1cc2c(NCCC(=O)NCCCN3CCOCC3)ncnc2s1. The first-order chi connectivity index (χ1) is 12.2. The number of carbonyl (C=O) groups excluding carboxylic acids is 1. The second kappa shape index (κ2) is 9.07. The van der Waals surface area contributed by atoms with Crippen molar-refractivity contribution in [3.05, 3.63) is 17.3 Å². The highest BCUT2D eigenvalue weighted by Crippen LogP contribution is 2.27. The predicted molar refractivity (Wildman–Crippen MR) is 100 cm³/mol. The van der Waals surface area contributed by atoms with E-state index in [1.807, 2.05) is 0 Å². The first-order valence-electron chi connectivity index (χ1n) is 8.74. The van der Waals surface area contributed by atoms with Gasteiger partial charge in [-0.05, 0) is 26.0 Å². The van der Waals surface area contributed by atoms with Gasteiger partial charge in [0.1, 0.15) is 17.0 Å². The zero-order valence-electron chi connectivity index (χ0n) is 14.6. The van der Waals surface area contributed by atoms with E-state index in [1.165, 1.54) is 4.88 Å². The molecule has 2 N–H and O–H groups in total. The molecule has 3 rings (SSSR count). The van der Waals surface area contributed by atoms with E-state index < -0.39 is 0 Å². The lowest BCUT2D eigenvalue weighted by molar-refractivity contribution is -0.120. The zero-order valence-corrected chi connectivity index (χ0v) is 15.4. The molecule has 0 radical (unpaired) electrons. The Kier molecular flexibility index (Phi) is 6.55. The van der Waals surface area contributed by atoms with Gasteiger partial charge in [0.2, 0.25) is 5.91 Å². The summed E-state index contributed by atoms with van der Waals surface area (Å²) in [5.74, 6) is 0.871. The molecule has 25 heavy (non-hydrogen) atoms. The van der Waals surface area contributed by atoms with E-state index >= 15 is 0 Å². The van der Waals surface area contributed by atoms with Crippen LogP contribution >= 0.6 is 11.3 Å². The highest BCUT2D eigenvalue weighted by Gasteiger charge is 2.10. The number of aromatic nitrogens is 2. The molecule has 3 heterocycles. The highest BCUT2D eigenvalue weighted by atomic mass is 32.1. The van der Waals surface area contributed by atoms with Crippen molar-refractivity contribution in [3.8, 4) is 0 Å². The summed E-state index contributed by atoms with van der Waals surface area (Å²) in [5, 5.41) is 7.25. The van der Waals surface area contributed by atoms with Crippen molar-refractivity contribution in [2.75, 3.05) is 51.3 Å². The number of morpholine rings is 1. The number of amides is 1. The standard InChI is InChI=1S/C17H25N5O2S/c1-13-11-14-16(20-12-21-17(14)25-13)19-5-3-15(23)18-4-2-6-22-7-9-24-10-8-22/h11-12H,2-10H2,1H3,(H,18,23)(H,19,20,21). The summed E-state index contributed by atoms with van der Waals surface area (Å²) in [6, 6.07) is 2.08. The summed E-state index contributed by atoms with van der Waals surface area (Å²) in [7, 11) is 0. The van der Waals surface area contributed by atoms with E-state index in [2.05, 4.69) is 38.5 Å². The average Bonchev–Trinajstić information content (AvgIpc) is 3.01. The smallest absolute Gasteiger partial charge is 0.221 e. The largest absolute Gasteiger partial charge is 0.379 e. The number of rotatable bonds is 8. The third-order valence-corrected chi connectivity index (χ3v) is 5.13. The zero-order chi connectivity index (χ0) is 17.5. The van der Waals surface area contributed by atoms with E-state index in [-0.39, 0.29) is 5.91 Å². The molecule has 0 aliphatic carbocycles. The molecule has 0 bridgehead atoms. The number of hydrogen-bond acceptors (Lipinski definition) is 7. The van der Waals surface area contributed by atoms with Gasteiger partial charge in [-0.2, -0.15) is 0 Å². The first kappa shape index (κ1) is 18.0. The van der Waals surface area contributed by atoms with Gasteiger partial charge in [0.25, 0.3) is 0 Å². The van der Waals surface area contributed by atoms with Gasteiger partial charge >= 0.3 is 0 Å². The quantitative estimate of drug-likeness (QED) is 0.694. The van der Waals surface area contributed by atoms with Crippen LogP contribution in [0.15, 0.2) is 12.4 Å². The van der Waals surface area contributed by atoms with Gasteiger partial charge in [0, 0.05) is 37.5 Å². The summed E-state index contributed by atoms with van der Waals surface area (Å²) < 4.78 is 5.33. The number of anilines is 1. The van der Waals surface area contributed by atoms with E-state index in [4.69, 9.17) is 4.74 Å². The number of fused-ring (bicyclic) bond motifs is 1. The Balaban J connectivity index is 1.33. The molecule has 1 fully saturated rings. The van der Waals surface area contributed by atoms with Crippen LogP contribution in [0.2, 0.25) is 0 Å². The van der Waals surface area contributed by atoms with E-state index in [9.17, 15) is 4.79 Å². The summed E-state index contributed by atoms with van der Waals surface area (Å²) in [4.78, 5) is 25.0. The molecule has 0 saturated carbocycles. The normalized spacial score (nSPS) is 15.4. The van der Waals surface area contributed by atoms with Gasteiger partial charge in [0.15, 0.2) is 0 Å². The molecule has 0 spiro atoms. The third kappa shape index (κ3) is 5.35.